The molecular formula is C4H2Cl5F2. The molecule has 0 aliphatic rings. The Kier molecular flexibility index (Phi) is 4.49. The van der Waals surface area contributed by atoms with Crippen molar-refractivity contribution in [3.8, 4) is 0 Å². The van der Waals surface area contributed by atoms with E-state index in [1.54, 1.807) is 0 Å². The van der Waals surface area contributed by atoms with E-state index in [-0.39, 0.29) is 0 Å². The molecular weight excluding hydrogens is 263 g/mol. The zero-order chi connectivity index (χ0) is 9.28. The highest BCUT2D eigenvalue weighted by molar-refractivity contribution is 6.68. The van der Waals surface area contributed by atoms with Gasteiger partial charge in [-0.25, -0.2) is 0 Å². The number of hydrogen-bond acceptors (Lipinski definition) is 0. The van der Waals surface area contributed by atoms with E-state index in [1.807, 2.05) is 0 Å². The molecule has 0 saturated carbocycles. The van der Waals surface area contributed by atoms with Gasteiger partial charge in [0.1, 0.15) is 0 Å². The van der Waals surface area contributed by atoms with Crippen molar-refractivity contribution >= 4 is 58.0 Å². The highest BCUT2D eigenvalue weighted by Crippen LogP contribution is 2.46. The Morgan fingerprint density at radius 1 is 1.00 bits per heavy atom. The van der Waals surface area contributed by atoms with Gasteiger partial charge in [0.2, 0.25) is 0 Å². The summed E-state index contributed by atoms with van der Waals surface area (Å²) in [5.74, 6) is 0. The lowest BCUT2D eigenvalue weighted by atomic mass is 10.3. The molecule has 0 N–H and O–H groups in total. The van der Waals surface area contributed by atoms with E-state index in [4.69, 9.17) is 58.0 Å². The lowest BCUT2D eigenvalue weighted by Gasteiger charge is -2.21. The summed E-state index contributed by atoms with van der Waals surface area (Å²) in [6.45, 7) is 0. The molecule has 0 nitrogen and oxygen atoms in total. The third-order valence-corrected chi connectivity index (χ3v) is 1.65. The van der Waals surface area contributed by atoms with E-state index in [0.717, 1.165) is 0 Å². The first-order valence-electron chi connectivity index (χ1n) is 2.28. The lowest BCUT2D eigenvalue weighted by Crippen LogP contribution is -2.24. The summed E-state index contributed by atoms with van der Waals surface area (Å²) >= 11 is 25.7. The molecule has 0 spiro atoms. The van der Waals surface area contributed by atoms with Crippen LogP contribution in [0.5, 0.6) is 0 Å². The lowest BCUT2D eigenvalue weighted by molar-refractivity contribution is 0.255. The van der Waals surface area contributed by atoms with Gasteiger partial charge in [0.25, 0.3) is 0 Å². The molecule has 1 radical (unpaired) electrons. The fourth-order valence-corrected chi connectivity index (χ4v) is 1.73. The van der Waals surface area contributed by atoms with E-state index in [9.17, 15) is 8.78 Å². The van der Waals surface area contributed by atoms with Crippen LogP contribution in [0.15, 0.2) is 0 Å². The Balaban J connectivity index is 4.13. The van der Waals surface area contributed by atoms with Gasteiger partial charge in [0.05, 0.1) is 0 Å². The van der Waals surface area contributed by atoms with Gasteiger partial charge in [-0.1, -0.05) is 58.0 Å². The summed E-state index contributed by atoms with van der Waals surface area (Å²) in [5, 5.41) is 0. The van der Waals surface area contributed by atoms with E-state index >= 15 is 0 Å². The van der Waals surface area contributed by atoms with Crippen LogP contribution in [0.1, 0.15) is 6.42 Å². The van der Waals surface area contributed by atoms with Crippen LogP contribution in [0.2, 0.25) is 0 Å². The Morgan fingerprint density at radius 2 is 1.36 bits per heavy atom. The van der Waals surface area contributed by atoms with Crippen molar-refractivity contribution in [1.29, 1.82) is 0 Å². The van der Waals surface area contributed by atoms with Crippen LogP contribution in [0, 0.1) is 6.43 Å². The maximum atomic E-state index is 11.8. The predicted molar refractivity (Wildman–Crippen MR) is 44.8 cm³/mol. The van der Waals surface area contributed by atoms with E-state index < -0.39 is 21.0 Å². The molecule has 0 aromatic carbocycles. The van der Waals surface area contributed by atoms with Crippen LogP contribution >= 0.6 is 58.0 Å². The molecule has 0 atom stereocenters. The van der Waals surface area contributed by atoms with Crippen molar-refractivity contribution in [3.05, 3.63) is 6.43 Å². The highest BCUT2D eigenvalue weighted by atomic mass is 35.6. The van der Waals surface area contributed by atoms with E-state index in [2.05, 4.69) is 0 Å². The molecule has 67 valence electrons. The van der Waals surface area contributed by atoms with Gasteiger partial charge < -0.3 is 0 Å². The average molecular weight is 265 g/mol. The van der Waals surface area contributed by atoms with Crippen LogP contribution in [0.25, 0.3) is 0 Å². The molecule has 0 bridgehead atoms. The summed E-state index contributed by atoms with van der Waals surface area (Å²) in [4.78, 5) is 0. The molecule has 0 saturated heterocycles. The molecule has 7 heteroatoms. The maximum Gasteiger partial charge on any atom is 0.345 e. The highest BCUT2D eigenvalue weighted by Gasteiger charge is 2.44. The fraction of sp³-hybridized carbons (Fsp3) is 0.750. The Morgan fingerprint density at radius 3 is 1.45 bits per heavy atom. The van der Waals surface area contributed by atoms with Gasteiger partial charge >= 0.3 is 6.43 Å². The molecule has 0 heterocycles. The number of halogens is 7. The maximum absolute atomic E-state index is 11.8. The summed E-state index contributed by atoms with van der Waals surface area (Å²) < 4.78 is 19.4. The summed E-state index contributed by atoms with van der Waals surface area (Å²) in [7, 11) is 0. The van der Waals surface area contributed by atoms with Gasteiger partial charge in [0, 0.05) is 6.42 Å². The normalized spacial score (nSPS) is 14.2. The third kappa shape index (κ3) is 5.53. The van der Waals surface area contributed by atoms with Crippen LogP contribution in [0.4, 0.5) is 8.78 Å². The molecule has 0 aliphatic heterocycles. The number of rotatable bonds is 2. The second kappa shape index (κ2) is 4.01. The molecule has 0 amide bonds. The standard InChI is InChI=1S/C4H2Cl5F2/c5-3(6,2(10)11)1-4(7,8)9/h1H2. The Hall–Kier alpha value is 1.31. The quantitative estimate of drug-likeness (QED) is 0.651. The van der Waals surface area contributed by atoms with Gasteiger partial charge in [-0.15, -0.1) is 0 Å². The smallest absolute Gasteiger partial charge is 0.196 e. The minimum absolute atomic E-state index is 0.657. The molecule has 0 fully saturated rings. The Labute approximate surface area is 87.7 Å². The molecule has 0 unspecified atom stereocenters. The van der Waals surface area contributed by atoms with Crippen LogP contribution in [-0.2, 0) is 0 Å². The second-order valence-electron chi connectivity index (χ2n) is 1.76. The molecule has 0 rings (SSSR count). The first-order valence-corrected chi connectivity index (χ1v) is 4.17. The van der Waals surface area contributed by atoms with E-state index in [0.29, 0.717) is 0 Å². The van der Waals surface area contributed by atoms with Crippen LogP contribution in [0.3, 0.4) is 0 Å². The topological polar surface area (TPSA) is 0 Å². The first kappa shape index (κ1) is 12.3. The first-order chi connectivity index (χ1) is 4.65. The third-order valence-electron chi connectivity index (χ3n) is 0.699. The van der Waals surface area contributed by atoms with Crippen molar-refractivity contribution in [1.82, 2.24) is 0 Å². The minimum Gasteiger partial charge on any atom is -0.196 e. The van der Waals surface area contributed by atoms with Gasteiger partial charge in [0.15, 0.2) is 8.13 Å². The second-order valence-corrected chi connectivity index (χ2v) is 5.76. The van der Waals surface area contributed by atoms with E-state index in [1.165, 1.54) is 0 Å². The van der Waals surface area contributed by atoms with Crippen molar-refractivity contribution in [2.24, 2.45) is 0 Å². The zero-order valence-electron chi connectivity index (χ0n) is 4.85. The zero-order valence-corrected chi connectivity index (χ0v) is 8.63. The molecule has 0 aromatic heterocycles. The minimum atomic E-state index is -2.38. The number of alkyl halides is 5. The monoisotopic (exact) mass is 263 g/mol. The SMILES string of the molecule is F[C](F)C(Cl)(Cl)CC(Cl)(Cl)Cl. The van der Waals surface area contributed by atoms with Crippen molar-refractivity contribution in [2.75, 3.05) is 0 Å². The van der Waals surface area contributed by atoms with Crippen molar-refractivity contribution in [2.45, 2.75) is 14.5 Å². The summed E-state index contributed by atoms with van der Waals surface area (Å²) in [5.41, 5.74) is 0. The van der Waals surface area contributed by atoms with Gasteiger partial charge in [-0.3, -0.25) is 0 Å². The Bertz CT molecular complexity index is 129. The molecule has 11 heavy (non-hydrogen) atoms. The average Bonchev–Trinajstić information content (AvgIpc) is 1.56. The van der Waals surface area contributed by atoms with Crippen molar-refractivity contribution < 1.29 is 8.78 Å². The van der Waals surface area contributed by atoms with Gasteiger partial charge in [-0.05, 0) is 0 Å². The fourth-order valence-electron chi connectivity index (χ4n) is 0.319. The summed E-state index contributed by atoms with van der Waals surface area (Å²) in [6, 6.07) is 0. The van der Waals surface area contributed by atoms with Crippen LogP contribution < -0.4 is 0 Å². The van der Waals surface area contributed by atoms with Crippen molar-refractivity contribution in [3.63, 3.8) is 0 Å². The number of hydrogen-bond donors (Lipinski definition) is 0. The molecule has 0 aliphatic carbocycles. The molecule has 0 aromatic rings. The largest absolute Gasteiger partial charge is 0.345 e. The van der Waals surface area contributed by atoms with Gasteiger partial charge in [-0.2, -0.15) is 8.78 Å². The predicted octanol–water partition coefficient (Wildman–Crippen LogP) is 4.35. The van der Waals surface area contributed by atoms with Crippen LogP contribution in [-0.4, -0.2) is 8.13 Å². The summed E-state index contributed by atoms with van der Waals surface area (Å²) in [6.07, 6.45) is -2.84.